The average molecular weight is 342 g/mol. The number of amides is 2. The Morgan fingerprint density at radius 2 is 1.58 bits per heavy atom. The summed E-state index contributed by atoms with van der Waals surface area (Å²) < 4.78 is 2.02. The number of pyridine rings is 1. The number of benzene rings is 2. The van der Waals surface area contributed by atoms with Crippen LogP contribution in [-0.4, -0.2) is 15.4 Å². The molecule has 0 saturated heterocycles. The van der Waals surface area contributed by atoms with Gasteiger partial charge in [0.15, 0.2) is 0 Å². The summed E-state index contributed by atoms with van der Waals surface area (Å²) in [6.45, 7) is 2.05. The normalized spacial score (nSPS) is 10.7. The quantitative estimate of drug-likeness (QED) is 0.553. The predicted molar refractivity (Wildman–Crippen MR) is 104 cm³/mol. The highest BCUT2D eigenvalue weighted by molar-refractivity contribution is 5.99. The van der Waals surface area contributed by atoms with E-state index in [2.05, 4.69) is 10.6 Å². The molecule has 2 heterocycles. The highest BCUT2D eigenvalue weighted by atomic mass is 16.2. The van der Waals surface area contributed by atoms with Gasteiger partial charge in [0.25, 0.3) is 0 Å². The van der Waals surface area contributed by atoms with Crippen LogP contribution in [0.3, 0.4) is 0 Å². The van der Waals surface area contributed by atoms with Gasteiger partial charge in [-0.05, 0) is 42.8 Å². The van der Waals surface area contributed by atoms with E-state index in [-0.39, 0.29) is 6.03 Å². The molecule has 0 aliphatic carbocycles. The van der Waals surface area contributed by atoms with Gasteiger partial charge in [0.1, 0.15) is 5.65 Å². The number of imidazole rings is 1. The molecule has 0 spiro atoms. The Labute approximate surface area is 151 Å². The lowest BCUT2D eigenvalue weighted by Gasteiger charge is -2.08. The van der Waals surface area contributed by atoms with Gasteiger partial charge >= 0.3 is 6.03 Å². The van der Waals surface area contributed by atoms with Crippen molar-refractivity contribution in [3.05, 3.63) is 84.7 Å². The maximum absolute atomic E-state index is 12.1. The van der Waals surface area contributed by atoms with Crippen molar-refractivity contribution in [2.24, 2.45) is 0 Å². The Hall–Kier alpha value is -3.60. The molecule has 2 N–H and O–H groups in total. The summed E-state index contributed by atoms with van der Waals surface area (Å²) >= 11 is 0. The summed E-state index contributed by atoms with van der Waals surface area (Å²) in [4.78, 5) is 16.7. The number of hydrogen-bond acceptors (Lipinski definition) is 2. The number of carbonyl (C=O) groups excluding carboxylic acids is 1. The molecule has 0 aliphatic heterocycles. The van der Waals surface area contributed by atoms with Crippen molar-refractivity contribution >= 4 is 23.1 Å². The van der Waals surface area contributed by atoms with Crippen LogP contribution >= 0.6 is 0 Å². The molecule has 26 heavy (non-hydrogen) atoms. The second kappa shape index (κ2) is 6.72. The lowest BCUT2D eigenvalue weighted by atomic mass is 10.1. The van der Waals surface area contributed by atoms with E-state index < -0.39 is 0 Å². The zero-order valence-electron chi connectivity index (χ0n) is 14.3. The molecule has 2 amide bonds. The summed E-state index contributed by atoms with van der Waals surface area (Å²) in [5.74, 6) is 0. The molecule has 2 aromatic carbocycles. The van der Waals surface area contributed by atoms with Crippen molar-refractivity contribution < 1.29 is 4.79 Å². The van der Waals surface area contributed by atoms with E-state index in [0.717, 1.165) is 33.8 Å². The lowest BCUT2D eigenvalue weighted by Crippen LogP contribution is -2.19. The highest BCUT2D eigenvalue weighted by Crippen LogP contribution is 2.22. The molecule has 4 aromatic rings. The number of urea groups is 1. The number of aryl methyl sites for hydroxylation is 1. The number of aromatic nitrogens is 2. The number of hydrogen-bond donors (Lipinski definition) is 2. The van der Waals surface area contributed by atoms with Gasteiger partial charge < -0.3 is 15.0 Å². The Morgan fingerprint density at radius 3 is 2.27 bits per heavy atom. The van der Waals surface area contributed by atoms with Crippen LogP contribution in [0.4, 0.5) is 16.2 Å². The van der Waals surface area contributed by atoms with Gasteiger partial charge in [0.2, 0.25) is 0 Å². The van der Waals surface area contributed by atoms with Crippen LogP contribution in [0.1, 0.15) is 5.56 Å². The smallest absolute Gasteiger partial charge is 0.308 e. The second-order valence-corrected chi connectivity index (χ2v) is 6.07. The largest absolute Gasteiger partial charge is 0.323 e. The highest BCUT2D eigenvalue weighted by Gasteiger charge is 2.07. The minimum atomic E-state index is -0.271. The van der Waals surface area contributed by atoms with E-state index in [1.54, 1.807) is 0 Å². The summed E-state index contributed by atoms with van der Waals surface area (Å²) in [7, 11) is 0. The lowest BCUT2D eigenvalue weighted by molar-refractivity contribution is 0.262. The molecular weight excluding hydrogens is 324 g/mol. The fraction of sp³-hybridized carbons (Fsp3) is 0.0476. The molecule has 0 bridgehead atoms. The average Bonchev–Trinajstić information content (AvgIpc) is 3.09. The van der Waals surface area contributed by atoms with E-state index in [4.69, 9.17) is 4.98 Å². The number of fused-ring (bicyclic) bond motifs is 1. The molecule has 0 radical (unpaired) electrons. The molecule has 5 heteroatoms. The van der Waals surface area contributed by atoms with E-state index in [9.17, 15) is 4.79 Å². The maximum atomic E-state index is 12.1. The Kier molecular flexibility index (Phi) is 4.11. The third-order valence-corrected chi connectivity index (χ3v) is 4.15. The maximum Gasteiger partial charge on any atom is 0.323 e. The van der Waals surface area contributed by atoms with Crippen molar-refractivity contribution in [2.75, 3.05) is 10.6 Å². The second-order valence-electron chi connectivity index (χ2n) is 6.07. The molecule has 5 nitrogen and oxygen atoms in total. The van der Waals surface area contributed by atoms with Crippen LogP contribution in [0.5, 0.6) is 0 Å². The van der Waals surface area contributed by atoms with Gasteiger partial charge in [-0.2, -0.15) is 0 Å². The van der Waals surface area contributed by atoms with Gasteiger partial charge in [-0.25, -0.2) is 9.78 Å². The van der Waals surface area contributed by atoms with Gasteiger partial charge in [0, 0.05) is 29.3 Å². The fourth-order valence-electron chi connectivity index (χ4n) is 2.83. The first-order valence-electron chi connectivity index (χ1n) is 8.37. The van der Waals surface area contributed by atoms with Gasteiger partial charge in [0.05, 0.1) is 5.69 Å². The number of anilines is 2. The molecule has 2 aromatic heterocycles. The number of para-hydroxylation sites is 1. The SMILES string of the molecule is Cc1cccn2cc(-c3ccc(NC(=O)Nc4ccccc4)cc3)nc12. The van der Waals surface area contributed by atoms with Crippen molar-refractivity contribution in [3.63, 3.8) is 0 Å². The van der Waals surface area contributed by atoms with Crippen LogP contribution in [0.25, 0.3) is 16.9 Å². The van der Waals surface area contributed by atoms with Gasteiger partial charge in [-0.1, -0.05) is 36.4 Å². The van der Waals surface area contributed by atoms with Crippen molar-refractivity contribution in [1.82, 2.24) is 9.38 Å². The molecule has 0 fully saturated rings. The number of nitrogens with zero attached hydrogens (tertiary/aromatic N) is 2. The topological polar surface area (TPSA) is 58.4 Å². The zero-order valence-corrected chi connectivity index (χ0v) is 14.3. The standard InChI is InChI=1S/C21H18N4O/c1-15-6-5-13-25-14-19(24-20(15)25)16-9-11-18(12-10-16)23-21(26)22-17-7-3-2-4-8-17/h2-14H,1H3,(H2,22,23,26). The zero-order chi connectivity index (χ0) is 17.9. The minimum Gasteiger partial charge on any atom is -0.308 e. The third-order valence-electron chi connectivity index (χ3n) is 4.15. The van der Waals surface area contributed by atoms with Crippen molar-refractivity contribution in [3.8, 4) is 11.3 Å². The molecule has 4 rings (SSSR count). The molecule has 0 saturated carbocycles. The van der Waals surface area contributed by atoms with Crippen LogP contribution in [-0.2, 0) is 0 Å². The molecule has 0 atom stereocenters. The third kappa shape index (κ3) is 3.28. The molecular formula is C21H18N4O. The van der Waals surface area contributed by atoms with Crippen LogP contribution in [0, 0.1) is 6.92 Å². The summed E-state index contributed by atoms with van der Waals surface area (Å²) in [6.07, 6.45) is 4.00. The first kappa shape index (κ1) is 15.9. The van der Waals surface area contributed by atoms with Gasteiger partial charge in [-0.15, -0.1) is 0 Å². The monoisotopic (exact) mass is 342 g/mol. The summed E-state index contributed by atoms with van der Waals surface area (Å²) in [6, 6.07) is 20.8. The van der Waals surface area contributed by atoms with Crippen LogP contribution < -0.4 is 10.6 Å². The Bertz CT molecular complexity index is 1050. The Balaban J connectivity index is 1.49. The summed E-state index contributed by atoms with van der Waals surface area (Å²) in [5.41, 5.74) is 5.46. The molecule has 0 aliphatic rings. The van der Waals surface area contributed by atoms with E-state index in [1.807, 2.05) is 90.4 Å². The molecule has 128 valence electrons. The van der Waals surface area contributed by atoms with E-state index in [0.29, 0.717) is 0 Å². The fourth-order valence-corrected chi connectivity index (χ4v) is 2.83. The molecule has 0 unspecified atom stereocenters. The number of nitrogens with one attached hydrogen (secondary N) is 2. The first-order valence-corrected chi connectivity index (χ1v) is 8.37. The van der Waals surface area contributed by atoms with E-state index >= 15 is 0 Å². The minimum absolute atomic E-state index is 0.271. The first-order chi connectivity index (χ1) is 12.7. The van der Waals surface area contributed by atoms with Crippen molar-refractivity contribution in [2.45, 2.75) is 6.92 Å². The summed E-state index contributed by atoms with van der Waals surface area (Å²) in [5, 5.41) is 5.62. The number of carbonyl (C=O) groups is 1. The predicted octanol–water partition coefficient (Wildman–Crippen LogP) is 4.95. The Morgan fingerprint density at radius 1 is 0.885 bits per heavy atom. The van der Waals surface area contributed by atoms with Crippen LogP contribution in [0.15, 0.2) is 79.1 Å². The van der Waals surface area contributed by atoms with E-state index in [1.165, 1.54) is 0 Å². The number of rotatable bonds is 3. The van der Waals surface area contributed by atoms with Crippen molar-refractivity contribution in [1.29, 1.82) is 0 Å². The van der Waals surface area contributed by atoms with Gasteiger partial charge in [-0.3, -0.25) is 0 Å². The van der Waals surface area contributed by atoms with Crippen LogP contribution in [0.2, 0.25) is 0 Å².